The molecule has 0 spiro atoms. The van der Waals surface area contributed by atoms with Gasteiger partial charge in [-0.3, -0.25) is 9.36 Å². The predicted molar refractivity (Wildman–Crippen MR) is 81.9 cm³/mol. The van der Waals surface area contributed by atoms with E-state index in [-0.39, 0.29) is 22.7 Å². The van der Waals surface area contributed by atoms with Gasteiger partial charge in [0.15, 0.2) is 0 Å². The highest BCUT2D eigenvalue weighted by Crippen LogP contribution is 2.24. The molecule has 23 heavy (non-hydrogen) atoms. The second-order valence-corrected chi connectivity index (χ2v) is 4.87. The third kappa shape index (κ3) is 3.15. The van der Waals surface area contributed by atoms with Crippen molar-refractivity contribution in [2.75, 3.05) is 0 Å². The van der Waals surface area contributed by atoms with E-state index in [1.165, 1.54) is 18.2 Å². The Bertz CT molecular complexity index is 928. The molecule has 0 bridgehead atoms. The molecule has 6 heteroatoms. The van der Waals surface area contributed by atoms with Crippen LogP contribution >= 0.6 is 0 Å². The fraction of sp³-hybridized carbons (Fsp3) is 0.0588. The van der Waals surface area contributed by atoms with Crippen LogP contribution in [0.2, 0.25) is 0 Å². The minimum atomic E-state index is -4.56. The zero-order chi connectivity index (χ0) is 16.4. The Kier molecular flexibility index (Phi) is 3.73. The lowest BCUT2D eigenvalue weighted by Gasteiger charge is -2.13. The third-order valence-corrected chi connectivity index (χ3v) is 3.30. The molecule has 0 atom stereocenters. The Morgan fingerprint density at radius 1 is 1.00 bits per heavy atom. The maximum Gasteiger partial charge on any atom is 0.411 e. The van der Waals surface area contributed by atoms with Gasteiger partial charge in [-0.25, -0.2) is 4.98 Å². The Morgan fingerprint density at radius 3 is 2.35 bits per heavy atom. The van der Waals surface area contributed by atoms with Crippen molar-refractivity contribution < 1.29 is 13.2 Å². The van der Waals surface area contributed by atoms with Crippen LogP contribution in [0.1, 0.15) is 5.56 Å². The molecule has 3 aromatic rings. The van der Waals surface area contributed by atoms with Gasteiger partial charge in [-0.05, 0) is 17.7 Å². The second-order valence-electron chi connectivity index (χ2n) is 4.87. The summed E-state index contributed by atoms with van der Waals surface area (Å²) in [7, 11) is 0. The highest BCUT2D eigenvalue weighted by Gasteiger charge is 2.26. The van der Waals surface area contributed by atoms with Gasteiger partial charge in [0.05, 0.1) is 16.6 Å². The SMILES string of the molecule is O=c1c2ccccc2ncn1/C(=C\C(F)(F)F)c1ccccc1. The fourth-order valence-electron chi connectivity index (χ4n) is 2.30. The molecule has 0 aliphatic carbocycles. The lowest BCUT2D eigenvalue weighted by Crippen LogP contribution is -2.22. The number of para-hydroxylation sites is 1. The number of nitrogens with zero attached hydrogens (tertiary/aromatic N) is 2. The second kappa shape index (κ2) is 5.72. The molecule has 3 rings (SSSR count). The molecule has 2 aromatic carbocycles. The topological polar surface area (TPSA) is 34.9 Å². The zero-order valence-electron chi connectivity index (χ0n) is 11.8. The molecule has 0 radical (unpaired) electrons. The normalized spacial score (nSPS) is 12.6. The van der Waals surface area contributed by atoms with Crippen molar-refractivity contribution in [3.63, 3.8) is 0 Å². The molecule has 0 amide bonds. The van der Waals surface area contributed by atoms with E-state index in [1.54, 1.807) is 36.4 Å². The number of alkyl halides is 3. The van der Waals surface area contributed by atoms with Crippen LogP contribution in [-0.4, -0.2) is 15.7 Å². The first kappa shape index (κ1) is 15.0. The van der Waals surface area contributed by atoms with Crippen LogP contribution in [0, 0.1) is 0 Å². The molecule has 1 aromatic heterocycles. The molecule has 0 saturated carbocycles. The van der Waals surface area contributed by atoms with Gasteiger partial charge in [0.25, 0.3) is 5.56 Å². The van der Waals surface area contributed by atoms with E-state index in [0.29, 0.717) is 5.52 Å². The molecule has 0 fully saturated rings. The van der Waals surface area contributed by atoms with Gasteiger partial charge in [0, 0.05) is 6.08 Å². The number of hydrogen-bond donors (Lipinski definition) is 0. The summed E-state index contributed by atoms with van der Waals surface area (Å²) in [5, 5.41) is 0.263. The standard InChI is InChI=1S/C17H11F3N2O/c18-17(19,20)10-15(12-6-2-1-3-7-12)22-11-21-14-9-5-4-8-13(14)16(22)23/h1-11H/b15-10-. The van der Waals surface area contributed by atoms with Gasteiger partial charge in [-0.15, -0.1) is 0 Å². The van der Waals surface area contributed by atoms with E-state index in [1.807, 2.05) is 0 Å². The third-order valence-electron chi connectivity index (χ3n) is 3.30. The molecule has 0 aliphatic rings. The monoisotopic (exact) mass is 316 g/mol. The van der Waals surface area contributed by atoms with Crippen molar-refractivity contribution in [2.24, 2.45) is 0 Å². The van der Waals surface area contributed by atoms with Gasteiger partial charge >= 0.3 is 6.18 Å². The molecule has 1 heterocycles. The summed E-state index contributed by atoms with van der Waals surface area (Å²) < 4.78 is 39.7. The quantitative estimate of drug-likeness (QED) is 0.720. The summed E-state index contributed by atoms with van der Waals surface area (Å²) in [5.74, 6) is 0. The number of halogens is 3. The molecule has 0 N–H and O–H groups in total. The largest absolute Gasteiger partial charge is 0.411 e. The van der Waals surface area contributed by atoms with Crippen molar-refractivity contribution in [1.29, 1.82) is 0 Å². The van der Waals surface area contributed by atoms with Crippen LogP contribution in [0.3, 0.4) is 0 Å². The first-order valence-corrected chi connectivity index (χ1v) is 6.77. The van der Waals surface area contributed by atoms with Crippen LogP contribution in [-0.2, 0) is 0 Å². The van der Waals surface area contributed by atoms with Crippen LogP contribution < -0.4 is 5.56 Å². The number of hydrogen-bond acceptors (Lipinski definition) is 2. The average Bonchev–Trinajstić information content (AvgIpc) is 2.54. The average molecular weight is 316 g/mol. The first-order chi connectivity index (χ1) is 11.0. The number of fused-ring (bicyclic) bond motifs is 1. The summed E-state index contributed by atoms with van der Waals surface area (Å²) in [5.41, 5.74) is -0.0894. The Morgan fingerprint density at radius 2 is 1.65 bits per heavy atom. The molecule has 0 aliphatic heterocycles. The maximum atomic E-state index is 12.9. The predicted octanol–water partition coefficient (Wildman–Crippen LogP) is 3.85. The number of aromatic nitrogens is 2. The lowest BCUT2D eigenvalue weighted by molar-refractivity contribution is -0.0795. The fourth-order valence-corrected chi connectivity index (χ4v) is 2.30. The summed E-state index contributed by atoms with van der Waals surface area (Å²) in [6.07, 6.45) is -3.33. The highest BCUT2D eigenvalue weighted by molar-refractivity contribution is 5.79. The van der Waals surface area contributed by atoms with Crippen LogP contribution in [0.25, 0.3) is 16.6 Å². The Balaban J connectivity index is 2.29. The summed E-state index contributed by atoms with van der Waals surface area (Å²) in [6.45, 7) is 0. The molecule has 3 nitrogen and oxygen atoms in total. The molecule has 116 valence electrons. The van der Waals surface area contributed by atoms with Gasteiger partial charge in [-0.2, -0.15) is 13.2 Å². The summed E-state index contributed by atoms with van der Waals surface area (Å²) in [4.78, 5) is 16.6. The summed E-state index contributed by atoms with van der Waals surface area (Å²) >= 11 is 0. The van der Waals surface area contributed by atoms with E-state index < -0.39 is 11.7 Å². The van der Waals surface area contributed by atoms with Crippen LogP contribution in [0.15, 0.2) is 71.8 Å². The van der Waals surface area contributed by atoms with Crippen LogP contribution in [0.4, 0.5) is 13.2 Å². The molecule has 0 saturated heterocycles. The number of allylic oxidation sites excluding steroid dienone is 1. The first-order valence-electron chi connectivity index (χ1n) is 6.77. The van der Waals surface area contributed by atoms with Gasteiger partial charge < -0.3 is 0 Å². The van der Waals surface area contributed by atoms with Crippen molar-refractivity contribution in [3.05, 3.63) is 82.9 Å². The number of benzene rings is 2. The smallest absolute Gasteiger partial charge is 0.268 e. The number of rotatable bonds is 2. The van der Waals surface area contributed by atoms with Crippen molar-refractivity contribution in [3.8, 4) is 0 Å². The van der Waals surface area contributed by atoms with Gasteiger partial charge in [0.1, 0.15) is 6.33 Å². The van der Waals surface area contributed by atoms with Crippen LogP contribution in [0.5, 0.6) is 0 Å². The van der Waals surface area contributed by atoms with E-state index in [4.69, 9.17) is 0 Å². The summed E-state index contributed by atoms with van der Waals surface area (Å²) in [6, 6.07) is 14.5. The van der Waals surface area contributed by atoms with E-state index >= 15 is 0 Å². The lowest BCUT2D eigenvalue weighted by atomic mass is 10.1. The van der Waals surface area contributed by atoms with E-state index in [0.717, 1.165) is 10.9 Å². The van der Waals surface area contributed by atoms with Crippen molar-refractivity contribution in [2.45, 2.75) is 6.18 Å². The molecular formula is C17H11F3N2O. The van der Waals surface area contributed by atoms with E-state index in [2.05, 4.69) is 4.98 Å². The van der Waals surface area contributed by atoms with E-state index in [9.17, 15) is 18.0 Å². The van der Waals surface area contributed by atoms with Crippen molar-refractivity contribution in [1.82, 2.24) is 9.55 Å². The highest BCUT2D eigenvalue weighted by atomic mass is 19.4. The van der Waals surface area contributed by atoms with Crippen molar-refractivity contribution >= 4 is 16.6 Å². The van der Waals surface area contributed by atoms with Gasteiger partial charge in [0.2, 0.25) is 0 Å². The molecule has 0 unspecified atom stereocenters. The molecular weight excluding hydrogens is 305 g/mol. The Hall–Kier alpha value is -2.89. The minimum Gasteiger partial charge on any atom is -0.268 e. The zero-order valence-corrected chi connectivity index (χ0v) is 11.8. The Labute approximate surface area is 129 Å². The minimum absolute atomic E-state index is 0.111. The van der Waals surface area contributed by atoms with Gasteiger partial charge in [-0.1, -0.05) is 42.5 Å². The maximum absolute atomic E-state index is 12.9.